The van der Waals surface area contributed by atoms with Gasteiger partial charge in [0, 0.05) is 37.6 Å². The zero-order chi connectivity index (χ0) is 14.5. The van der Waals surface area contributed by atoms with Gasteiger partial charge in [-0.25, -0.2) is 4.98 Å². The summed E-state index contributed by atoms with van der Waals surface area (Å²) in [4.78, 5) is 14.6. The van der Waals surface area contributed by atoms with Gasteiger partial charge in [-0.3, -0.25) is 10.1 Å². The van der Waals surface area contributed by atoms with Crippen molar-refractivity contribution in [2.24, 2.45) is 0 Å². The van der Waals surface area contributed by atoms with Crippen molar-refractivity contribution in [3.63, 3.8) is 0 Å². The quantitative estimate of drug-likeness (QED) is 0.494. The molecule has 0 bridgehead atoms. The molecule has 0 radical (unpaired) electrons. The van der Waals surface area contributed by atoms with E-state index in [0.717, 1.165) is 5.69 Å². The molecule has 106 valence electrons. The molecule has 0 saturated heterocycles. The fourth-order valence-corrected chi connectivity index (χ4v) is 1.92. The van der Waals surface area contributed by atoms with E-state index >= 15 is 0 Å². The molecule has 0 amide bonds. The summed E-state index contributed by atoms with van der Waals surface area (Å²) in [6.45, 7) is 0.425. The van der Waals surface area contributed by atoms with Crippen LogP contribution in [0.1, 0.15) is 0 Å². The normalized spacial score (nSPS) is 10.9. The van der Waals surface area contributed by atoms with Crippen molar-refractivity contribution in [2.75, 3.05) is 26.1 Å². The van der Waals surface area contributed by atoms with Gasteiger partial charge in [0.1, 0.15) is 5.52 Å². The molecule has 1 heterocycles. The second-order valence-electron chi connectivity index (χ2n) is 4.07. The van der Waals surface area contributed by atoms with Gasteiger partial charge in [0.2, 0.25) is 0 Å². The smallest absolute Gasteiger partial charge is 0.295 e. The average Bonchev–Trinajstić information content (AvgIpc) is 2.47. The van der Waals surface area contributed by atoms with Crippen molar-refractivity contribution in [3.05, 3.63) is 40.6 Å². The maximum absolute atomic E-state index is 11.0. The first-order valence-corrected chi connectivity index (χ1v) is 5.99. The highest BCUT2D eigenvalue weighted by Gasteiger charge is 2.15. The Labute approximate surface area is 115 Å². The van der Waals surface area contributed by atoms with Gasteiger partial charge in [0.05, 0.1) is 11.5 Å². The SMILES string of the molecule is COC(CNc1ccc([N+](=O)[O-])c2ncccc12)OC. The van der Waals surface area contributed by atoms with Crippen LogP contribution in [0.3, 0.4) is 0 Å². The van der Waals surface area contributed by atoms with Gasteiger partial charge in [0.25, 0.3) is 5.69 Å². The van der Waals surface area contributed by atoms with Crippen LogP contribution < -0.4 is 5.32 Å². The van der Waals surface area contributed by atoms with Crippen molar-refractivity contribution < 1.29 is 14.4 Å². The number of nitro benzene ring substituents is 1. The van der Waals surface area contributed by atoms with E-state index in [1.165, 1.54) is 12.3 Å². The summed E-state index contributed by atoms with van der Waals surface area (Å²) in [7, 11) is 3.09. The molecule has 20 heavy (non-hydrogen) atoms. The highest BCUT2D eigenvalue weighted by atomic mass is 16.7. The number of nitro groups is 1. The highest BCUT2D eigenvalue weighted by molar-refractivity contribution is 5.96. The van der Waals surface area contributed by atoms with Crippen LogP contribution in [0.4, 0.5) is 11.4 Å². The highest BCUT2D eigenvalue weighted by Crippen LogP contribution is 2.29. The minimum atomic E-state index is -0.438. The summed E-state index contributed by atoms with van der Waals surface area (Å²) >= 11 is 0. The first-order valence-electron chi connectivity index (χ1n) is 5.99. The lowest BCUT2D eigenvalue weighted by molar-refractivity contribution is -0.383. The number of hydrogen-bond donors (Lipinski definition) is 1. The van der Waals surface area contributed by atoms with E-state index in [2.05, 4.69) is 10.3 Å². The molecule has 1 N–H and O–H groups in total. The first-order chi connectivity index (χ1) is 9.67. The molecule has 0 aliphatic rings. The summed E-state index contributed by atoms with van der Waals surface area (Å²) in [5.74, 6) is 0. The Morgan fingerprint density at radius 3 is 2.75 bits per heavy atom. The Kier molecular flexibility index (Phi) is 4.44. The number of anilines is 1. The molecule has 0 saturated carbocycles. The van der Waals surface area contributed by atoms with Gasteiger partial charge < -0.3 is 14.8 Å². The lowest BCUT2D eigenvalue weighted by atomic mass is 10.1. The Hall–Kier alpha value is -2.25. The molecular formula is C13H15N3O4. The number of hydrogen-bond acceptors (Lipinski definition) is 6. The number of nitrogens with one attached hydrogen (secondary N) is 1. The zero-order valence-electron chi connectivity index (χ0n) is 11.2. The van der Waals surface area contributed by atoms with Crippen molar-refractivity contribution >= 4 is 22.3 Å². The number of non-ortho nitro benzene ring substituents is 1. The van der Waals surface area contributed by atoms with Crippen LogP contribution in [0.15, 0.2) is 30.5 Å². The predicted octanol–water partition coefficient (Wildman–Crippen LogP) is 2.17. The van der Waals surface area contributed by atoms with Crippen molar-refractivity contribution in [1.29, 1.82) is 0 Å². The maximum atomic E-state index is 11.0. The van der Waals surface area contributed by atoms with E-state index in [9.17, 15) is 10.1 Å². The molecule has 7 nitrogen and oxygen atoms in total. The van der Waals surface area contributed by atoms with E-state index in [0.29, 0.717) is 17.4 Å². The second-order valence-corrected chi connectivity index (χ2v) is 4.07. The molecular weight excluding hydrogens is 262 g/mol. The summed E-state index contributed by atoms with van der Waals surface area (Å²) in [5, 5.41) is 14.8. The van der Waals surface area contributed by atoms with Crippen LogP contribution >= 0.6 is 0 Å². The standard InChI is InChI=1S/C13H15N3O4/c1-19-12(20-2)8-15-10-5-6-11(16(17)18)13-9(10)4-3-7-14-13/h3-7,12,15H,8H2,1-2H3. The number of ether oxygens (including phenoxy) is 2. The van der Waals surface area contributed by atoms with Crippen molar-refractivity contribution in [1.82, 2.24) is 4.98 Å². The minimum Gasteiger partial charge on any atom is -0.379 e. The number of aromatic nitrogens is 1. The summed E-state index contributed by atoms with van der Waals surface area (Å²) in [6.07, 6.45) is 1.14. The van der Waals surface area contributed by atoms with Crippen LogP contribution in [0.25, 0.3) is 10.9 Å². The van der Waals surface area contributed by atoms with Crippen molar-refractivity contribution in [2.45, 2.75) is 6.29 Å². The number of pyridine rings is 1. The van der Waals surface area contributed by atoms with E-state index in [1.807, 2.05) is 0 Å². The second kappa shape index (κ2) is 6.27. The fraction of sp³-hybridized carbons (Fsp3) is 0.308. The Balaban J connectivity index is 2.36. The summed E-state index contributed by atoms with van der Waals surface area (Å²) in [6, 6.07) is 6.62. The topological polar surface area (TPSA) is 86.5 Å². The largest absolute Gasteiger partial charge is 0.379 e. The van der Waals surface area contributed by atoms with E-state index in [1.54, 1.807) is 32.4 Å². The third-order valence-corrected chi connectivity index (χ3v) is 2.93. The number of benzene rings is 1. The van der Waals surface area contributed by atoms with Crippen molar-refractivity contribution in [3.8, 4) is 0 Å². The maximum Gasteiger partial charge on any atom is 0.295 e. The lowest BCUT2D eigenvalue weighted by Crippen LogP contribution is -2.23. The van der Waals surface area contributed by atoms with Crippen LogP contribution in [0, 0.1) is 10.1 Å². The van der Waals surface area contributed by atoms with Crippen LogP contribution in [-0.4, -0.2) is 37.0 Å². The third kappa shape index (κ3) is 2.84. The van der Waals surface area contributed by atoms with Crippen LogP contribution in [0.5, 0.6) is 0 Å². The Bertz CT molecular complexity index is 614. The molecule has 2 aromatic rings. The minimum absolute atomic E-state index is 0.0128. The summed E-state index contributed by atoms with van der Waals surface area (Å²) < 4.78 is 10.2. The zero-order valence-corrected chi connectivity index (χ0v) is 11.2. The fourth-order valence-electron chi connectivity index (χ4n) is 1.92. The molecule has 0 unspecified atom stereocenters. The number of rotatable bonds is 6. The monoisotopic (exact) mass is 277 g/mol. The molecule has 1 aromatic carbocycles. The van der Waals surface area contributed by atoms with E-state index in [-0.39, 0.29) is 5.69 Å². The van der Waals surface area contributed by atoms with E-state index < -0.39 is 11.2 Å². The molecule has 1 aromatic heterocycles. The van der Waals surface area contributed by atoms with Crippen LogP contribution in [-0.2, 0) is 9.47 Å². The number of fused-ring (bicyclic) bond motifs is 1. The number of nitrogens with zero attached hydrogens (tertiary/aromatic N) is 2. The Morgan fingerprint density at radius 1 is 1.35 bits per heavy atom. The van der Waals surface area contributed by atoms with Gasteiger partial charge in [-0.15, -0.1) is 0 Å². The Morgan fingerprint density at radius 2 is 2.10 bits per heavy atom. The molecule has 0 atom stereocenters. The first kappa shape index (κ1) is 14.2. The average molecular weight is 277 g/mol. The molecule has 7 heteroatoms. The van der Waals surface area contributed by atoms with Gasteiger partial charge in [-0.2, -0.15) is 0 Å². The lowest BCUT2D eigenvalue weighted by Gasteiger charge is -2.15. The van der Waals surface area contributed by atoms with Gasteiger partial charge in [0.15, 0.2) is 6.29 Å². The summed E-state index contributed by atoms with van der Waals surface area (Å²) in [5.41, 5.74) is 1.09. The van der Waals surface area contributed by atoms with Gasteiger partial charge in [-0.1, -0.05) is 0 Å². The van der Waals surface area contributed by atoms with Gasteiger partial charge in [-0.05, 0) is 18.2 Å². The molecule has 2 rings (SSSR count). The van der Waals surface area contributed by atoms with E-state index in [4.69, 9.17) is 9.47 Å². The molecule has 0 aliphatic heterocycles. The molecule has 0 spiro atoms. The molecule has 0 fully saturated rings. The number of methoxy groups -OCH3 is 2. The predicted molar refractivity (Wildman–Crippen MR) is 74.7 cm³/mol. The van der Waals surface area contributed by atoms with Crippen LogP contribution in [0.2, 0.25) is 0 Å². The molecule has 0 aliphatic carbocycles. The third-order valence-electron chi connectivity index (χ3n) is 2.93. The van der Waals surface area contributed by atoms with Gasteiger partial charge >= 0.3 is 0 Å².